The first-order valence-electron chi connectivity index (χ1n) is 7.80. The number of benzene rings is 2. The largest absolute Gasteiger partial charge is 0.485 e. The first-order chi connectivity index (χ1) is 12.8. The number of carbonyl (C=O) groups excluding carboxylic acids is 1. The van der Waals surface area contributed by atoms with Crippen LogP contribution in [0.25, 0.3) is 33.7 Å². The summed E-state index contributed by atoms with van der Waals surface area (Å²) in [5, 5.41) is 14.3. The zero-order valence-corrected chi connectivity index (χ0v) is 13.5. The molecule has 0 saturated heterocycles. The molecule has 2 aromatic heterocycles. The topological polar surface area (TPSA) is 105 Å². The fourth-order valence-corrected chi connectivity index (χ4v) is 2.65. The van der Waals surface area contributed by atoms with Crippen molar-refractivity contribution in [2.24, 2.45) is 0 Å². The van der Waals surface area contributed by atoms with E-state index in [1.807, 2.05) is 36.5 Å². The molecule has 4 aromatic rings. The summed E-state index contributed by atoms with van der Waals surface area (Å²) in [7, 11) is 0. The molecule has 0 fully saturated rings. The van der Waals surface area contributed by atoms with E-state index in [0.717, 1.165) is 16.5 Å². The Balaban J connectivity index is 1.67. The van der Waals surface area contributed by atoms with Crippen LogP contribution in [0.5, 0.6) is 5.75 Å². The van der Waals surface area contributed by atoms with Gasteiger partial charge in [-0.2, -0.15) is 10.2 Å². The van der Waals surface area contributed by atoms with Gasteiger partial charge < -0.3 is 14.2 Å². The molecule has 0 bridgehead atoms. The molecule has 0 saturated carbocycles. The van der Waals surface area contributed by atoms with Crippen molar-refractivity contribution in [2.75, 3.05) is 6.61 Å². The van der Waals surface area contributed by atoms with Gasteiger partial charge in [-0.3, -0.25) is 4.79 Å². The van der Waals surface area contributed by atoms with Crippen LogP contribution in [0.15, 0.2) is 53.2 Å². The molecule has 2 aromatic carbocycles. The van der Waals surface area contributed by atoms with E-state index in [9.17, 15) is 10.1 Å². The van der Waals surface area contributed by atoms with Crippen LogP contribution in [-0.2, 0) is 4.79 Å². The fraction of sp³-hybridized carbons (Fsp3) is 0.0526. The summed E-state index contributed by atoms with van der Waals surface area (Å²) in [6.45, 7) is -0.111. The average Bonchev–Trinajstić information content (AvgIpc) is 3.34. The summed E-state index contributed by atoms with van der Waals surface area (Å²) in [6.07, 6.45) is 2.49. The number of H-pyrrole nitrogens is 1. The third kappa shape index (κ3) is 2.80. The minimum Gasteiger partial charge on any atom is -0.485 e. The lowest BCUT2D eigenvalue weighted by atomic mass is 10.1. The van der Waals surface area contributed by atoms with Gasteiger partial charge in [-0.1, -0.05) is 5.16 Å². The van der Waals surface area contributed by atoms with Crippen LogP contribution in [0.4, 0.5) is 0 Å². The standard InChI is InChI=1S/C19H12N4O3/c20-11-15-10-14(2-4-17(15)25-8-7-24)19-22-18(23-26-19)13-1-3-16-12(9-13)5-6-21-16/h1-7,9-10,21H,8H2. The van der Waals surface area contributed by atoms with Crippen LogP contribution in [0.1, 0.15) is 5.56 Å². The van der Waals surface area contributed by atoms with E-state index in [-0.39, 0.29) is 12.2 Å². The van der Waals surface area contributed by atoms with Crippen molar-refractivity contribution in [3.63, 3.8) is 0 Å². The van der Waals surface area contributed by atoms with Crippen LogP contribution >= 0.6 is 0 Å². The van der Waals surface area contributed by atoms with Crippen molar-refractivity contribution in [3.05, 3.63) is 54.2 Å². The van der Waals surface area contributed by atoms with E-state index in [1.54, 1.807) is 18.2 Å². The minimum atomic E-state index is -0.111. The normalized spacial score (nSPS) is 10.6. The Hall–Kier alpha value is -3.92. The molecule has 0 aliphatic rings. The lowest BCUT2D eigenvalue weighted by Gasteiger charge is -2.04. The van der Waals surface area contributed by atoms with E-state index in [4.69, 9.17) is 9.26 Å². The number of aromatic nitrogens is 3. The number of aromatic amines is 1. The number of hydrogen-bond donors (Lipinski definition) is 1. The Labute approximate surface area is 147 Å². The minimum absolute atomic E-state index is 0.111. The van der Waals surface area contributed by atoms with Gasteiger partial charge >= 0.3 is 0 Å². The van der Waals surface area contributed by atoms with Crippen molar-refractivity contribution < 1.29 is 14.1 Å². The summed E-state index contributed by atoms with van der Waals surface area (Å²) in [6, 6.07) is 14.7. The number of hydrogen-bond acceptors (Lipinski definition) is 6. The van der Waals surface area contributed by atoms with Crippen LogP contribution in [-0.4, -0.2) is 28.0 Å². The highest BCUT2D eigenvalue weighted by molar-refractivity contribution is 5.84. The zero-order valence-electron chi connectivity index (χ0n) is 13.5. The molecule has 7 heteroatoms. The maximum Gasteiger partial charge on any atom is 0.258 e. The monoisotopic (exact) mass is 344 g/mol. The lowest BCUT2D eigenvalue weighted by molar-refractivity contribution is -0.109. The summed E-state index contributed by atoms with van der Waals surface area (Å²) in [4.78, 5) is 18.0. The van der Waals surface area contributed by atoms with E-state index in [1.165, 1.54) is 0 Å². The van der Waals surface area contributed by atoms with Gasteiger partial charge in [0, 0.05) is 28.2 Å². The van der Waals surface area contributed by atoms with Gasteiger partial charge in [0.05, 0.1) is 5.56 Å². The predicted molar refractivity (Wildman–Crippen MR) is 93.3 cm³/mol. The molecule has 0 spiro atoms. The highest BCUT2D eigenvalue weighted by Crippen LogP contribution is 2.28. The van der Waals surface area contributed by atoms with Crippen LogP contribution in [0.2, 0.25) is 0 Å². The lowest BCUT2D eigenvalue weighted by Crippen LogP contribution is -1.99. The molecule has 26 heavy (non-hydrogen) atoms. The van der Waals surface area contributed by atoms with Crippen molar-refractivity contribution >= 4 is 17.2 Å². The zero-order chi connectivity index (χ0) is 17.9. The van der Waals surface area contributed by atoms with E-state index >= 15 is 0 Å². The molecule has 0 aliphatic heterocycles. The number of nitrogens with zero attached hydrogens (tertiary/aromatic N) is 3. The van der Waals surface area contributed by atoms with E-state index in [2.05, 4.69) is 15.1 Å². The van der Waals surface area contributed by atoms with Gasteiger partial charge in [0.25, 0.3) is 5.89 Å². The number of rotatable bonds is 5. The molecule has 0 atom stereocenters. The van der Waals surface area contributed by atoms with Crippen molar-refractivity contribution in [1.29, 1.82) is 5.26 Å². The van der Waals surface area contributed by atoms with Gasteiger partial charge in [-0.05, 0) is 42.5 Å². The van der Waals surface area contributed by atoms with E-state index in [0.29, 0.717) is 29.3 Å². The van der Waals surface area contributed by atoms with Crippen LogP contribution < -0.4 is 4.74 Å². The Morgan fingerprint density at radius 2 is 2.08 bits per heavy atom. The van der Waals surface area contributed by atoms with Gasteiger partial charge in [0.15, 0.2) is 6.29 Å². The highest BCUT2D eigenvalue weighted by atomic mass is 16.5. The second kappa shape index (κ2) is 6.53. The Morgan fingerprint density at radius 3 is 2.92 bits per heavy atom. The quantitative estimate of drug-likeness (QED) is 0.557. The number of aldehydes is 1. The van der Waals surface area contributed by atoms with E-state index < -0.39 is 0 Å². The molecule has 2 heterocycles. The van der Waals surface area contributed by atoms with Gasteiger partial charge in [0.1, 0.15) is 18.4 Å². The summed E-state index contributed by atoms with van der Waals surface area (Å²) >= 11 is 0. The first-order valence-corrected chi connectivity index (χ1v) is 7.80. The molecule has 126 valence electrons. The molecule has 0 radical (unpaired) electrons. The first kappa shape index (κ1) is 15.6. The van der Waals surface area contributed by atoms with Crippen LogP contribution in [0, 0.1) is 11.3 Å². The number of nitriles is 1. The average molecular weight is 344 g/mol. The molecule has 1 N–H and O–H groups in total. The fourth-order valence-electron chi connectivity index (χ4n) is 2.65. The Kier molecular flexibility index (Phi) is 3.92. The molecular formula is C19H12N4O3. The van der Waals surface area contributed by atoms with Gasteiger partial charge in [0.2, 0.25) is 5.82 Å². The second-order valence-corrected chi connectivity index (χ2v) is 5.50. The van der Waals surface area contributed by atoms with Crippen LogP contribution in [0.3, 0.4) is 0 Å². The molecule has 0 aliphatic carbocycles. The predicted octanol–water partition coefficient (Wildman–Crippen LogP) is 3.33. The second-order valence-electron chi connectivity index (χ2n) is 5.50. The SMILES string of the molecule is N#Cc1cc(-c2nc(-c3ccc4[nH]ccc4c3)no2)ccc1OCC=O. The number of fused-ring (bicyclic) bond motifs is 1. The van der Waals surface area contributed by atoms with Crippen molar-refractivity contribution in [2.45, 2.75) is 0 Å². The highest BCUT2D eigenvalue weighted by Gasteiger charge is 2.14. The summed E-state index contributed by atoms with van der Waals surface area (Å²) in [5.74, 6) is 1.09. The maximum atomic E-state index is 10.4. The Morgan fingerprint density at radius 1 is 1.19 bits per heavy atom. The number of carbonyl (C=O) groups is 1. The summed E-state index contributed by atoms with van der Waals surface area (Å²) < 4.78 is 10.6. The molecular weight excluding hydrogens is 332 g/mol. The third-order valence-electron chi connectivity index (χ3n) is 3.89. The van der Waals surface area contributed by atoms with Crippen molar-refractivity contribution in [3.8, 4) is 34.7 Å². The molecule has 0 amide bonds. The molecule has 4 rings (SSSR count). The van der Waals surface area contributed by atoms with Crippen molar-refractivity contribution in [1.82, 2.24) is 15.1 Å². The maximum absolute atomic E-state index is 10.4. The smallest absolute Gasteiger partial charge is 0.258 e. The summed E-state index contributed by atoms with van der Waals surface area (Å²) in [5.41, 5.74) is 2.75. The number of ether oxygens (including phenoxy) is 1. The number of nitrogens with one attached hydrogen (secondary N) is 1. The van der Waals surface area contributed by atoms with Gasteiger partial charge in [-0.15, -0.1) is 0 Å². The van der Waals surface area contributed by atoms with Gasteiger partial charge in [-0.25, -0.2) is 0 Å². The molecule has 7 nitrogen and oxygen atoms in total. The Bertz CT molecular complexity index is 1140. The molecule has 0 unspecified atom stereocenters. The third-order valence-corrected chi connectivity index (χ3v) is 3.89.